The minimum absolute atomic E-state index is 0.0444. The van der Waals surface area contributed by atoms with E-state index in [1.54, 1.807) is 30.3 Å². The van der Waals surface area contributed by atoms with Crippen LogP contribution in [0.25, 0.3) is 5.76 Å². The molecule has 8 nitrogen and oxygen atoms in total. The first-order chi connectivity index (χ1) is 17.3. The van der Waals surface area contributed by atoms with E-state index in [1.165, 1.54) is 17.0 Å². The van der Waals surface area contributed by atoms with Crippen LogP contribution in [0, 0.1) is 12.8 Å². The fourth-order valence-corrected chi connectivity index (χ4v) is 4.56. The van der Waals surface area contributed by atoms with Gasteiger partial charge in [0.1, 0.15) is 17.3 Å². The SMILES string of the molecule is Cc1cc(/C(O)=C2/C(=O)C(=O)N(CCN3CCOCC3)C2c2ccc(O)cc2)ccc1OCC(C)C. The molecule has 0 radical (unpaired) electrons. The number of ketones is 1. The molecular formula is C28H34N2O6. The lowest BCUT2D eigenvalue weighted by Crippen LogP contribution is -2.42. The van der Waals surface area contributed by atoms with E-state index in [4.69, 9.17) is 9.47 Å². The largest absolute Gasteiger partial charge is 0.508 e. The van der Waals surface area contributed by atoms with Gasteiger partial charge in [-0.3, -0.25) is 14.5 Å². The molecule has 1 unspecified atom stereocenters. The summed E-state index contributed by atoms with van der Waals surface area (Å²) in [6.45, 7) is 10.3. The second kappa shape index (κ2) is 11.1. The van der Waals surface area contributed by atoms with Crippen molar-refractivity contribution in [2.75, 3.05) is 46.0 Å². The van der Waals surface area contributed by atoms with Crippen LogP contribution in [-0.2, 0) is 14.3 Å². The summed E-state index contributed by atoms with van der Waals surface area (Å²) in [6.07, 6.45) is 0. The Morgan fingerprint density at radius 2 is 1.78 bits per heavy atom. The van der Waals surface area contributed by atoms with Gasteiger partial charge >= 0.3 is 0 Å². The van der Waals surface area contributed by atoms with E-state index < -0.39 is 17.7 Å². The maximum atomic E-state index is 13.2. The highest BCUT2D eigenvalue weighted by Gasteiger charge is 2.46. The van der Waals surface area contributed by atoms with Gasteiger partial charge < -0.3 is 24.6 Å². The third kappa shape index (κ3) is 5.55. The summed E-state index contributed by atoms with van der Waals surface area (Å²) in [5.41, 5.74) is 1.95. The number of carbonyl (C=O) groups is 2. The van der Waals surface area contributed by atoms with Gasteiger partial charge in [-0.25, -0.2) is 0 Å². The highest BCUT2D eigenvalue weighted by atomic mass is 16.5. The molecule has 8 heteroatoms. The Balaban J connectivity index is 1.69. The molecule has 0 spiro atoms. The van der Waals surface area contributed by atoms with Gasteiger partial charge in [0, 0.05) is 31.7 Å². The molecule has 2 aliphatic heterocycles. The number of phenolic OH excluding ortho intramolecular Hbond substituents is 1. The first kappa shape index (κ1) is 25.7. The molecule has 1 atom stereocenters. The van der Waals surface area contributed by atoms with Crippen molar-refractivity contribution in [3.63, 3.8) is 0 Å². The Morgan fingerprint density at radius 1 is 1.08 bits per heavy atom. The fourth-order valence-electron chi connectivity index (χ4n) is 4.56. The maximum Gasteiger partial charge on any atom is 0.295 e. The molecule has 2 saturated heterocycles. The lowest BCUT2D eigenvalue weighted by Gasteiger charge is -2.31. The molecule has 4 rings (SSSR count). The number of amides is 1. The van der Waals surface area contributed by atoms with Crippen LogP contribution in [0.3, 0.4) is 0 Å². The maximum absolute atomic E-state index is 13.2. The Labute approximate surface area is 211 Å². The average molecular weight is 495 g/mol. The summed E-state index contributed by atoms with van der Waals surface area (Å²) in [7, 11) is 0. The van der Waals surface area contributed by atoms with Crippen molar-refractivity contribution in [2.24, 2.45) is 5.92 Å². The molecule has 2 heterocycles. The van der Waals surface area contributed by atoms with Crippen LogP contribution in [0.4, 0.5) is 0 Å². The zero-order valence-corrected chi connectivity index (χ0v) is 21.1. The van der Waals surface area contributed by atoms with Crippen LogP contribution in [0.15, 0.2) is 48.0 Å². The fraction of sp³-hybridized carbons (Fsp3) is 0.429. The lowest BCUT2D eigenvalue weighted by molar-refractivity contribution is -0.140. The Kier molecular flexibility index (Phi) is 7.96. The van der Waals surface area contributed by atoms with E-state index in [-0.39, 0.29) is 17.1 Å². The molecule has 2 aromatic rings. The average Bonchev–Trinajstić information content (AvgIpc) is 3.12. The van der Waals surface area contributed by atoms with Crippen LogP contribution in [-0.4, -0.2) is 77.7 Å². The standard InChI is InChI=1S/C28H34N2O6/c1-18(2)17-36-23-9-6-21(16-19(23)3)26(32)24-25(20-4-7-22(31)8-5-20)30(28(34)27(24)33)11-10-29-12-14-35-15-13-29/h4-9,16,18,25,31-32H,10-15,17H2,1-3H3/b26-24-. The number of ether oxygens (including phenoxy) is 2. The van der Waals surface area contributed by atoms with Crippen LogP contribution in [0.2, 0.25) is 0 Å². The molecule has 1 amide bonds. The number of nitrogens with zero attached hydrogens (tertiary/aromatic N) is 2. The summed E-state index contributed by atoms with van der Waals surface area (Å²) >= 11 is 0. The number of aliphatic hydroxyl groups is 1. The van der Waals surface area contributed by atoms with Gasteiger partial charge in [0.2, 0.25) is 0 Å². The van der Waals surface area contributed by atoms with Gasteiger partial charge in [-0.1, -0.05) is 26.0 Å². The minimum Gasteiger partial charge on any atom is -0.508 e. The number of aryl methyl sites for hydroxylation is 1. The van der Waals surface area contributed by atoms with Gasteiger partial charge in [-0.15, -0.1) is 0 Å². The van der Waals surface area contributed by atoms with E-state index in [0.29, 0.717) is 55.7 Å². The van der Waals surface area contributed by atoms with E-state index in [1.807, 2.05) is 6.92 Å². The van der Waals surface area contributed by atoms with Gasteiger partial charge in [0.25, 0.3) is 11.7 Å². The van der Waals surface area contributed by atoms with Gasteiger partial charge in [0.15, 0.2) is 0 Å². The number of phenols is 1. The van der Waals surface area contributed by atoms with Crippen LogP contribution >= 0.6 is 0 Å². The van der Waals surface area contributed by atoms with Crippen molar-refractivity contribution in [1.82, 2.24) is 9.80 Å². The second-order valence-electron chi connectivity index (χ2n) is 9.72. The van der Waals surface area contributed by atoms with E-state index >= 15 is 0 Å². The van der Waals surface area contributed by atoms with E-state index in [0.717, 1.165) is 18.7 Å². The zero-order valence-electron chi connectivity index (χ0n) is 21.1. The first-order valence-electron chi connectivity index (χ1n) is 12.4. The predicted octanol–water partition coefficient (Wildman–Crippen LogP) is 3.49. The summed E-state index contributed by atoms with van der Waals surface area (Å²) in [4.78, 5) is 30.1. The summed E-state index contributed by atoms with van der Waals surface area (Å²) < 4.78 is 11.2. The summed E-state index contributed by atoms with van der Waals surface area (Å²) in [6, 6.07) is 10.9. The van der Waals surface area contributed by atoms with E-state index in [2.05, 4.69) is 18.7 Å². The van der Waals surface area contributed by atoms with Crippen molar-refractivity contribution in [1.29, 1.82) is 0 Å². The van der Waals surface area contributed by atoms with Crippen molar-refractivity contribution in [3.05, 3.63) is 64.7 Å². The number of Topliss-reactive ketones (excluding diaryl/α,β-unsaturated/α-hetero) is 1. The third-order valence-corrected chi connectivity index (χ3v) is 6.53. The van der Waals surface area contributed by atoms with Crippen LogP contribution in [0.1, 0.15) is 36.6 Å². The van der Waals surface area contributed by atoms with Crippen LogP contribution < -0.4 is 4.74 Å². The molecular weight excluding hydrogens is 460 g/mol. The molecule has 0 aliphatic carbocycles. The number of likely N-dealkylation sites (tertiary alicyclic amines) is 1. The number of hydrogen-bond donors (Lipinski definition) is 2. The van der Waals surface area contributed by atoms with Crippen LogP contribution in [0.5, 0.6) is 11.5 Å². The molecule has 0 bridgehead atoms. The van der Waals surface area contributed by atoms with Gasteiger partial charge in [0.05, 0.1) is 31.4 Å². The van der Waals surface area contributed by atoms with Gasteiger partial charge in [-0.2, -0.15) is 0 Å². The first-order valence-corrected chi connectivity index (χ1v) is 12.4. The van der Waals surface area contributed by atoms with Crippen molar-refractivity contribution in [2.45, 2.75) is 26.8 Å². The topological polar surface area (TPSA) is 99.5 Å². The number of aliphatic hydroxyl groups excluding tert-OH is 1. The lowest BCUT2D eigenvalue weighted by atomic mass is 9.94. The molecule has 2 fully saturated rings. The molecule has 2 aromatic carbocycles. The number of rotatable bonds is 8. The molecule has 36 heavy (non-hydrogen) atoms. The number of hydrogen-bond acceptors (Lipinski definition) is 7. The monoisotopic (exact) mass is 494 g/mol. The molecule has 2 aliphatic rings. The van der Waals surface area contributed by atoms with Crippen molar-refractivity contribution in [3.8, 4) is 11.5 Å². The van der Waals surface area contributed by atoms with Crippen molar-refractivity contribution >= 4 is 17.4 Å². The quantitative estimate of drug-likeness (QED) is 0.329. The normalized spacial score (nSPS) is 20.3. The third-order valence-electron chi connectivity index (χ3n) is 6.53. The zero-order chi connectivity index (χ0) is 25.8. The highest BCUT2D eigenvalue weighted by Crippen LogP contribution is 2.40. The smallest absolute Gasteiger partial charge is 0.295 e. The molecule has 192 valence electrons. The Bertz CT molecular complexity index is 1140. The Hall–Kier alpha value is -3.36. The van der Waals surface area contributed by atoms with Crippen molar-refractivity contribution < 1.29 is 29.3 Å². The molecule has 0 saturated carbocycles. The van der Waals surface area contributed by atoms with Gasteiger partial charge in [-0.05, 0) is 54.3 Å². The number of morpholine rings is 1. The van der Waals surface area contributed by atoms with E-state index in [9.17, 15) is 19.8 Å². The minimum atomic E-state index is -0.760. The summed E-state index contributed by atoms with van der Waals surface area (Å²) in [5, 5.41) is 21.1. The second-order valence-corrected chi connectivity index (χ2v) is 9.72. The number of benzene rings is 2. The highest BCUT2D eigenvalue weighted by molar-refractivity contribution is 6.46. The number of aromatic hydroxyl groups is 1. The summed E-state index contributed by atoms with van der Waals surface area (Å²) in [5.74, 6) is -0.421. The molecule has 2 N–H and O–H groups in total. The molecule has 0 aromatic heterocycles. The predicted molar refractivity (Wildman–Crippen MR) is 136 cm³/mol. The Morgan fingerprint density at radius 3 is 2.42 bits per heavy atom. The number of carbonyl (C=O) groups excluding carboxylic acids is 2.